The molecule has 1 aromatic carbocycles. The van der Waals surface area contributed by atoms with Crippen LogP contribution in [0.5, 0.6) is 5.75 Å². The van der Waals surface area contributed by atoms with Gasteiger partial charge in [0.05, 0.1) is 0 Å². The molecular formula is C7H4Br2F2O. The molecule has 0 aromatic heterocycles. The highest BCUT2D eigenvalue weighted by molar-refractivity contribution is 9.13. The molecule has 0 aliphatic heterocycles. The van der Waals surface area contributed by atoms with Gasteiger partial charge in [0.15, 0.2) is 0 Å². The van der Waals surface area contributed by atoms with Crippen molar-refractivity contribution in [2.45, 2.75) is 6.61 Å². The summed E-state index contributed by atoms with van der Waals surface area (Å²) in [6, 6.07) is 4.55. The molecular weight excluding hydrogens is 298 g/mol. The second-order valence-electron chi connectivity index (χ2n) is 1.95. The monoisotopic (exact) mass is 300 g/mol. The molecule has 0 bridgehead atoms. The van der Waals surface area contributed by atoms with E-state index in [4.69, 9.17) is 0 Å². The molecule has 0 unspecified atom stereocenters. The van der Waals surface area contributed by atoms with Gasteiger partial charge in [-0.3, -0.25) is 0 Å². The van der Waals surface area contributed by atoms with Crippen molar-refractivity contribution in [3.63, 3.8) is 0 Å². The smallest absolute Gasteiger partial charge is 0.387 e. The highest BCUT2D eigenvalue weighted by Gasteiger charge is 2.05. The molecule has 0 radical (unpaired) electrons. The van der Waals surface area contributed by atoms with Crippen molar-refractivity contribution in [1.82, 2.24) is 0 Å². The molecule has 12 heavy (non-hydrogen) atoms. The van der Waals surface area contributed by atoms with Gasteiger partial charge in [0.25, 0.3) is 0 Å². The molecule has 0 amide bonds. The summed E-state index contributed by atoms with van der Waals surface area (Å²) in [5, 5.41) is 0. The summed E-state index contributed by atoms with van der Waals surface area (Å²) < 4.78 is 29.0. The first-order valence-electron chi connectivity index (χ1n) is 2.99. The molecule has 0 saturated heterocycles. The number of alkyl halides is 2. The number of hydrogen-bond acceptors (Lipinski definition) is 1. The van der Waals surface area contributed by atoms with Crippen LogP contribution in [0.1, 0.15) is 0 Å². The third-order valence-corrected chi connectivity index (χ3v) is 3.00. The maximum atomic E-state index is 11.7. The molecule has 0 fully saturated rings. The van der Waals surface area contributed by atoms with Gasteiger partial charge in [0.2, 0.25) is 0 Å². The van der Waals surface area contributed by atoms with Crippen LogP contribution in [0, 0.1) is 0 Å². The van der Waals surface area contributed by atoms with Crippen molar-refractivity contribution < 1.29 is 13.5 Å². The lowest BCUT2D eigenvalue weighted by Crippen LogP contribution is -2.01. The topological polar surface area (TPSA) is 9.23 Å². The molecule has 1 rings (SSSR count). The summed E-state index contributed by atoms with van der Waals surface area (Å²) in [6.45, 7) is -2.78. The molecule has 1 nitrogen and oxygen atoms in total. The van der Waals surface area contributed by atoms with Crippen LogP contribution in [0.2, 0.25) is 0 Å². The van der Waals surface area contributed by atoms with Crippen molar-refractivity contribution in [1.29, 1.82) is 0 Å². The maximum Gasteiger partial charge on any atom is 0.387 e. The van der Waals surface area contributed by atoms with Crippen molar-refractivity contribution >= 4 is 31.9 Å². The predicted octanol–water partition coefficient (Wildman–Crippen LogP) is 3.81. The summed E-state index contributed by atoms with van der Waals surface area (Å²) in [6.07, 6.45) is 0. The molecule has 0 heterocycles. The van der Waals surface area contributed by atoms with Gasteiger partial charge in [-0.15, -0.1) is 0 Å². The van der Waals surface area contributed by atoms with Crippen LogP contribution in [-0.4, -0.2) is 6.61 Å². The Morgan fingerprint density at radius 2 is 1.83 bits per heavy atom. The Morgan fingerprint density at radius 1 is 1.17 bits per heavy atom. The average Bonchev–Trinajstić information content (AvgIpc) is 1.96. The van der Waals surface area contributed by atoms with Gasteiger partial charge in [0.1, 0.15) is 5.75 Å². The molecule has 1 aromatic rings. The van der Waals surface area contributed by atoms with E-state index in [0.29, 0.717) is 4.47 Å². The van der Waals surface area contributed by atoms with E-state index >= 15 is 0 Å². The first-order valence-corrected chi connectivity index (χ1v) is 4.58. The molecule has 0 aliphatic rings. The fraction of sp³-hybridized carbons (Fsp3) is 0.143. The molecule has 5 heteroatoms. The Balaban J connectivity index is 2.82. The SMILES string of the molecule is FC(F)Oc1ccc(Br)c(Br)c1. The van der Waals surface area contributed by atoms with E-state index in [1.165, 1.54) is 12.1 Å². The van der Waals surface area contributed by atoms with Crippen molar-refractivity contribution in [2.75, 3.05) is 0 Å². The van der Waals surface area contributed by atoms with E-state index in [2.05, 4.69) is 36.6 Å². The summed E-state index contributed by atoms with van der Waals surface area (Å²) >= 11 is 6.37. The van der Waals surface area contributed by atoms with Crippen LogP contribution < -0.4 is 4.74 Å². The van der Waals surface area contributed by atoms with Crippen molar-refractivity contribution in [2.24, 2.45) is 0 Å². The fourth-order valence-corrected chi connectivity index (χ4v) is 1.26. The number of halogens is 4. The van der Waals surface area contributed by atoms with E-state index in [-0.39, 0.29) is 5.75 Å². The minimum atomic E-state index is -2.78. The normalized spacial score (nSPS) is 10.4. The minimum absolute atomic E-state index is 0.139. The summed E-state index contributed by atoms with van der Waals surface area (Å²) in [4.78, 5) is 0. The molecule has 0 spiro atoms. The van der Waals surface area contributed by atoms with Gasteiger partial charge < -0.3 is 4.74 Å². The minimum Gasteiger partial charge on any atom is -0.435 e. The van der Waals surface area contributed by atoms with Crippen LogP contribution >= 0.6 is 31.9 Å². The zero-order chi connectivity index (χ0) is 9.14. The molecule has 0 N–H and O–H groups in total. The quantitative estimate of drug-likeness (QED) is 0.807. The van der Waals surface area contributed by atoms with Crippen LogP contribution in [0.15, 0.2) is 27.1 Å². The lowest BCUT2D eigenvalue weighted by molar-refractivity contribution is -0.0498. The summed E-state index contributed by atoms with van der Waals surface area (Å²) in [7, 11) is 0. The summed E-state index contributed by atoms with van der Waals surface area (Å²) in [5.41, 5.74) is 0. The number of rotatable bonds is 2. The Morgan fingerprint density at radius 3 is 2.33 bits per heavy atom. The molecule has 66 valence electrons. The van der Waals surface area contributed by atoms with Crippen LogP contribution in [0.4, 0.5) is 8.78 Å². The van der Waals surface area contributed by atoms with E-state index in [1.807, 2.05) is 0 Å². The van der Waals surface area contributed by atoms with E-state index < -0.39 is 6.61 Å². The molecule has 0 atom stereocenters. The zero-order valence-electron chi connectivity index (χ0n) is 5.73. The fourth-order valence-electron chi connectivity index (χ4n) is 0.653. The third kappa shape index (κ3) is 2.71. The summed E-state index contributed by atoms with van der Waals surface area (Å²) in [5.74, 6) is 0.139. The number of hydrogen-bond donors (Lipinski definition) is 0. The van der Waals surface area contributed by atoms with Crippen LogP contribution in [-0.2, 0) is 0 Å². The zero-order valence-corrected chi connectivity index (χ0v) is 8.90. The molecule has 0 aliphatic carbocycles. The predicted molar refractivity (Wildman–Crippen MR) is 48.5 cm³/mol. The van der Waals surface area contributed by atoms with E-state index in [1.54, 1.807) is 6.07 Å². The van der Waals surface area contributed by atoms with Gasteiger partial charge in [-0.1, -0.05) is 0 Å². The second kappa shape index (κ2) is 4.18. The van der Waals surface area contributed by atoms with Gasteiger partial charge in [-0.2, -0.15) is 8.78 Å². The van der Waals surface area contributed by atoms with E-state index in [9.17, 15) is 8.78 Å². The first-order chi connectivity index (χ1) is 5.59. The average molecular weight is 302 g/mol. The van der Waals surface area contributed by atoms with Gasteiger partial charge >= 0.3 is 6.61 Å². The molecule has 0 saturated carbocycles. The number of benzene rings is 1. The Bertz CT molecular complexity index is 278. The first kappa shape index (κ1) is 9.92. The Hall–Kier alpha value is -0.160. The lowest BCUT2D eigenvalue weighted by atomic mass is 10.3. The van der Waals surface area contributed by atoms with E-state index in [0.717, 1.165) is 4.47 Å². The highest BCUT2D eigenvalue weighted by atomic mass is 79.9. The van der Waals surface area contributed by atoms with Gasteiger partial charge in [-0.05, 0) is 50.1 Å². The highest BCUT2D eigenvalue weighted by Crippen LogP contribution is 2.27. The van der Waals surface area contributed by atoms with Crippen molar-refractivity contribution in [3.8, 4) is 5.75 Å². The standard InChI is InChI=1S/C7H4Br2F2O/c8-5-2-1-4(3-6(5)9)12-7(10)11/h1-3,7H. The Labute approximate surface area is 85.0 Å². The van der Waals surface area contributed by atoms with Gasteiger partial charge in [-0.25, -0.2) is 0 Å². The van der Waals surface area contributed by atoms with Crippen LogP contribution in [0.25, 0.3) is 0 Å². The largest absolute Gasteiger partial charge is 0.435 e. The third-order valence-electron chi connectivity index (χ3n) is 1.12. The Kier molecular flexibility index (Phi) is 3.46. The van der Waals surface area contributed by atoms with Crippen LogP contribution in [0.3, 0.4) is 0 Å². The lowest BCUT2D eigenvalue weighted by Gasteiger charge is -2.04. The van der Waals surface area contributed by atoms with Crippen molar-refractivity contribution in [3.05, 3.63) is 27.1 Å². The van der Waals surface area contributed by atoms with Gasteiger partial charge in [0, 0.05) is 8.95 Å². The number of ether oxygens (including phenoxy) is 1. The second-order valence-corrected chi connectivity index (χ2v) is 3.66. The maximum absolute atomic E-state index is 11.7.